The largest absolute Gasteiger partial charge is 0.493 e. The summed E-state index contributed by atoms with van der Waals surface area (Å²) in [5.74, 6) is 0.573. The van der Waals surface area contributed by atoms with Crippen molar-refractivity contribution in [2.75, 3.05) is 26.6 Å². The van der Waals surface area contributed by atoms with Gasteiger partial charge in [-0.15, -0.1) is 0 Å². The number of ether oxygens (including phenoxy) is 3. The van der Waals surface area contributed by atoms with Gasteiger partial charge in [-0.25, -0.2) is 4.98 Å². The molecule has 1 aromatic heterocycles. The molecule has 4 rings (SSSR count). The quantitative estimate of drug-likeness (QED) is 0.703. The van der Waals surface area contributed by atoms with Crippen LogP contribution in [-0.2, 0) is 10.6 Å². The topological polar surface area (TPSA) is 83.6 Å². The fourth-order valence-electron chi connectivity index (χ4n) is 3.23. The summed E-state index contributed by atoms with van der Waals surface area (Å²) in [7, 11) is 4.76. The van der Waals surface area contributed by atoms with E-state index in [4.69, 9.17) is 24.9 Å². The number of nitrogens with two attached hydrogens (primary N) is 1. The molecular formula is C19H20N4O3. The van der Waals surface area contributed by atoms with Crippen molar-refractivity contribution in [1.29, 1.82) is 0 Å². The van der Waals surface area contributed by atoms with Gasteiger partial charge in [0, 0.05) is 18.9 Å². The summed E-state index contributed by atoms with van der Waals surface area (Å²) >= 11 is 0. The molecule has 1 atom stereocenters. The normalized spacial score (nSPS) is 17.8. The molecule has 3 aromatic rings. The molecule has 3 N–H and O–H groups in total. The predicted octanol–water partition coefficient (Wildman–Crippen LogP) is 2.70. The van der Waals surface area contributed by atoms with Gasteiger partial charge < -0.3 is 19.5 Å². The van der Waals surface area contributed by atoms with E-state index in [1.165, 1.54) is 0 Å². The molecule has 0 saturated heterocycles. The third-order valence-corrected chi connectivity index (χ3v) is 4.52. The number of para-hydroxylation sites is 3. The molecule has 0 bridgehead atoms. The van der Waals surface area contributed by atoms with Gasteiger partial charge in [0.2, 0.25) is 0 Å². The summed E-state index contributed by atoms with van der Waals surface area (Å²) in [6.07, 6.45) is 1.92. The molecule has 7 nitrogen and oxygen atoms in total. The Morgan fingerprint density at radius 3 is 2.58 bits per heavy atom. The van der Waals surface area contributed by atoms with E-state index in [9.17, 15) is 0 Å². The van der Waals surface area contributed by atoms with Crippen molar-refractivity contribution in [3.05, 3.63) is 54.5 Å². The highest BCUT2D eigenvalue weighted by Gasteiger charge is 2.38. The Balaban J connectivity index is 1.94. The highest BCUT2D eigenvalue weighted by atomic mass is 16.5. The van der Waals surface area contributed by atoms with Gasteiger partial charge in [0.25, 0.3) is 5.85 Å². The van der Waals surface area contributed by atoms with E-state index in [-0.39, 0.29) is 0 Å². The molecule has 0 aliphatic carbocycles. The molecule has 0 saturated carbocycles. The lowest BCUT2D eigenvalue weighted by molar-refractivity contribution is 0.00569. The Hall–Kier alpha value is -3.03. The zero-order valence-corrected chi connectivity index (χ0v) is 14.8. The summed E-state index contributed by atoms with van der Waals surface area (Å²) in [6, 6.07) is 13.5. The maximum atomic E-state index is 6.43. The predicted molar refractivity (Wildman–Crippen MR) is 98.6 cm³/mol. The molecule has 0 amide bonds. The minimum Gasteiger partial charge on any atom is -0.493 e. The minimum absolute atomic E-state index is 0.554. The number of aromatic nitrogens is 2. The highest BCUT2D eigenvalue weighted by molar-refractivity contribution is 5.73. The van der Waals surface area contributed by atoms with Crippen LogP contribution in [0.1, 0.15) is 5.82 Å². The first-order chi connectivity index (χ1) is 12.6. The number of hydrogen-bond acceptors (Lipinski definition) is 6. The molecule has 0 spiro atoms. The number of anilines is 1. The number of nitrogens with zero attached hydrogens (tertiary/aromatic N) is 2. The monoisotopic (exact) mass is 352 g/mol. The van der Waals surface area contributed by atoms with Gasteiger partial charge in [-0.1, -0.05) is 18.2 Å². The minimum atomic E-state index is -1.24. The van der Waals surface area contributed by atoms with E-state index in [2.05, 4.69) is 5.32 Å². The first-order valence-corrected chi connectivity index (χ1v) is 8.14. The summed E-state index contributed by atoms with van der Waals surface area (Å²) in [5.41, 5.74) is 9.76. The van der Waals surface area contributed by atoms with E-state index >= 15 is 0 Å². The zero-order valence-electron chi connectivity index (χ0n) is 14.8. The van der Waals surface area contributed by atoms with Gasteiger partial charge in [0.1, 0.15) is 0 Å². The average molecular weight is 352 g/mol. The Morgan fingerprint density at radius 2 is 1.85 bits per heavy atom. The fourth-order valence-corrected chi connectivity index (χ4v) is 3.23. The molecule has 26 heavy (non-hydrogen) atoms. The fraction of sp³-hybridized carbons (Fsp3) is 0.211. The Bertz CT molecular complexity index is 969. The summed E-state index contributed by atoms with van der Waals surface area (Å²) < 4.78 is 18.4. The summed E-state index contributed by atoms with van der Waals surface area (Å²) in [4.78, 5) is 4.74. The van der Waals surface area contributed by atoms with Gasteiger partial charge >= 0.3 is 0 Å². The standard InChI is InChI=1S/C19H20N4O3/c1-24-16-10-6-7-12(17(16)25-2)14-11-23-15-9-5-4-8-13(15)22-19(20,26-3)18(23)21-14/h4-11,22H,20H2,1-3H3. The number of benzene rings is 2. The van der Waals surface area contributed by atoms with Gasteiger partial charge in [0.05, 0.1) is 31.3 Å². The Morgan fingerprint density at radius 1 is 1.04 bits per heavy atom. The lowest BCUT2D eigenvalue weighted by atomic mass is 10.1. The van der Waals surface area contributed by atoms with Crippen molar-refractivity contribution in [1.82, 2.24) is 9.55 Å². The van der Waals surface area contributed by atoms with Crippen LogP contribution in [0, 0.1) is 0 Å². The summed E-state index contributed by atoms with van der Waals surface area (Å²) in [5, 5.41) is 3.21. The molecule has 134 valence electrons. The number of hydrogen-bond donors (Lipinski definition) is 2. The second kappa shape index (κ2) is 6.05. The lowest BCUT2D eigenvalue weighted by Gasteiger charge is -2.34. The third-order valence-electron chi connectivity index (χ3n) is 4.52. The molecule has 1 unspecified atom stereocenters. The van der Waals surface area contributed by atoms with Crippen molar-refractivity contribution >= 4 is 5.69 Å². The smallest absolute Gasteiger partial charge is 0.254 e. The molecule has 7 heteroatoms. The average Bonchev–Trinajstić information content (AvgIpc) is 3.14. The zero-order chi connectivity index (χ0) is 18.3. The first kappa shape index (κ1) is 16.4. The van der Waals surface area contributed by atoms with E-state index in [0.29, 0.717) is 23.0 Å². The van der Waals surface area contributed by atoms with E-state index < -0.39 is 5.85 Å². The van der Waals surface area contributed by atoms with Crippen LogP contribution in [0.25, 0.3) is 16.9 Å². The first-order valence-electron chi connectivity index (χ1n) is 8.14. The number of rotatable bonds is 4. The second-order valence-corrected chi connectivity index (χ2v) is 5.94. The van der Waals surface area contributed by atoms with Crippen LogP contribution >= 0.6 is 0 Å². The van der Waals surface area contributed by atoms with Gasteiger partial charge in [-0.3, -0.25) is 10.3 Å². The molecule has 1 aliphatic heterocycles. The van der Waals surface area contributed by atoms with E-state index in [1.54, 1.807) is 21.3 Å². The number of nitrogens with one attached hydrogen (secondary N) is 1. The van der Waals surface area contributed by atoms with Gasteiger partial charge in [0.15, 0.2) is 17.3 Å². The maximum absolute atomic E-state index is 6.43. The molecular weight excluding hydrogens is 332 g/mol. The van der Waals surface area contributed by atoms with Crippen LogP contribution in [0.3, 0.4) is 0 Å². The van der Waals surface area contributed by atoms with Gasteiger partial charge in [-0.2, -0.15) is 0 Å². The highest BCUT2D eigenvalue weighted by Crippen LogP contribution is 2.40. The molecule has 2 heterocycles. The van der Waals surface area contributed by atoms with Crippen LogP contribution in [0.5, 0.6) is 11.5 Å². The third kappa shape index (κ3) is 2.33. The van der Waals surface area contributed by atoms with Crippen molar-refractivity contribution in [3.63, 3.8) is 0 Å². The second-order valence-electron chi connectivity index (χ2n) is 5.94. The van der Waals surface area contributed by atoms with Crippen LogP contribution in [0.4, 0.5) is 5.69 Å². The van der Waals surface area contributed by atoms with Crippen LogP contribution < -0.4 is 20.5 Å². The number of methoxy groups -OCH3 is 3. The molecule has 1 aliphatic rings. The van der Waals surface area contributed by atoms with Crippen molar-refractivity contribution in [2.45, 2.75) is 5.85 Å². The molecule has 2 aromatic carbocycles. The Kier molecular flexibility index (Phi) is 3.82. The van der Waals surface area contributed by atoms with Gasteiger partial charge in [-0.05, 0) is 24.3 Å². The molecule has 0 fully saturated rings. The van der Waals surface area contributed by atoms with Crippen molar-refractivity contribution < 1.29 is 14.2 Å². The molecule has 0 radical (unpaired) electrons. The SMILES string of the molecule is COc1cccc(-c2cn3c(n2)C(N)(OC)Nc2ccccc2-3)c1OC. The van der Waals surface area contributed by atoms with Crippen LogP contribution in [0.2, 0.25) is 0 Å². The van der Waals surface area contributed by atoms with Crippen molar-refractivity contribution in [2.24, 2.45) is 5.73 Å². The van der Waals surface area contributed by atoms with Crippen LogP contribution in [-0.4, -0.2) is 30.9 Å². The van der Waals surface area contributed by atoms with Crippen molar-refractivity contribution in [3.8, 4) is 28.4 Å². The summed E-state index contributed by atoms with van der Waals surface area (Å²) in [6.45, 7) is 0. The van der Waals surface area contributed by atoms with E-state index in [1.807, 2.05) is 53.2 Å². The van der Waals surface area contributed by atoms with Crippen LogP contribution in [0.15, 0.2) is 48.7 Å². The number of fused-ring (bicyclic) bond motifs is 3. The Labute approximate surface area is 151 Å². The lowest BCUT2D eigenvalue weighted by Crippen LogP contribution is -2.50. The maximum Gasteiger partial charge on any atom is 0.254 e. The van der Waals surface area contributed by atoms with E-state index in [0.717, 1.165) is 16.9 Å². The number of imidazole rings is 1.